The lowest BCUT2D eigenvalue weighted by Gasteiger charge is -2.05. The van der Waals surface area contributed by atoms with Gasteiger partial charge in [-0.1, -0.05) is 23.5 Å². The van der Waals surface area contributed by atoms with Crippen molar-refractivity contribution in [3.63, 3.8) is 0 Å². The van der Waals surface area contributed by atoms with Gasteiger partial charge in [0.15, 0.2) is 5.13 Å². The van der Waals surface area contributed by atoms with E-state index in [0.29, 0.717) is 5.13 Å². The van der Waals surface area contributed by atoms with Crippen molar-refractivity contribution in [1.29, 1.82) is 0 Å². The zero-order chi connectivity index (χ0) is 14.8. The van der Waals surface area contributed by atoms with E-state index in [2.05, 4.69) is 10.3 Å². The summed E-state index contributed by atoms with van der Waals surface area (Å²) in [4.78, 5) is 27.3. The van der Waals surface area contributed by atoms with Gasteiger partial charge in [-0.3, -0.25) is 4.79 Å². The van der Waals surface area contributed by atoms with Crippen LogP contribution < -0.4 is 5.32 Å². The molecule has 0 saturated carbocycles. The van der Waals surface area contributed by atoms with Crippen molar-refractivity contribution in [2.75, 3.05) is 5.32 Å². The Balaban J connectivity index is 1.74. The van der Waals surface area contributed by atoms with Gasteiger partial charge in [0, 0.05) is 6.20 Å². The number of carbonyl (C=O) groups is 2. The number of carbonyl (C=O) groups excluding carboxylic acids is 1. The number of fused-ring (bicyclic) bond motifs is 1. The molecule has 0 spiro atoms. The minimum atomic E-state index is -1.06. The van der Waals surface area contributed by atoms with Gasteiger partial charge in [-0.05, 0) is 24.3 Å². The molecule has 0 bridgehead atoms. The van der Waals surface area contributed by atoms with E-state index >= 15 is 0 Å². The third-order valence-electron chi connectivity index (χ3n) is 2.90. The van der Waals surface area contributed by atoms with Crippen molar-refractivity contribution in [2.45, 2.75) is 6.54 Å². The first kappa shape index (κ1) is 13.3. The van der Waals surface area contributed by atoms with Gasteiger partial charge in [-0.15, -0.1) is 0 Å². The molecule has 21 heavy (non-hydrogen) atoms. The van der Waals surface area contributed by atoms with E-state index in [4.69, 9.17) is 5.11 Å². The molecule has 6 nitrogen and oxygen atoms in total. The molecule has 106 valence electrons. The van der Waals surface area contributed by atoms with Crippen LogP contribution in [0.3, 0.4) is 0 Å². The quantitative estimate of drug-likeness (QED) is 0.775. The standard InChI is InChI=1S/C14H11N3O3S/c18-12(8-17-7-3-5-10(17)13(19)20)16-14-15-9-4-1-2-6-11(9)21-14/h1-7H,8H2,(H,19,20)(H,15,16,18). The van der Waals surface area contributed by atoms with Crippen molar-refractivity contribution in [3.05, 3.63) is 48.3 Å². The number of thiazole rings is 1. The summed E-state index contributed by atoms with van der Waals surface area (Å²) in [7, 11) is 0. The predicted octanol–water partition coefficient (Wildman–Crippen LogP) is 2.43. The molecular weight excluding hydrogens is 290 g/mol. The summed E-state index contributed by atoms with van der Waals surface area (Å²) in [6, 6.07) is 10.6. The number of nitrogens with one attached hydrogen (secondary N) is 1. The number of aromatic nitrogens is 2. The number of hydrogen-bond donors (Lipinski definition) is 2. The molecular formula is C14H11N3O3S. The van der Waals surface area contributed by atoms with E-state index in [1.165, 1.54) is 22.0 Å². The molecule has 2 heterocycles. The van der Waals surface area contributed by atoms with E-state index in [9.17, 15) is 9.59 Å². The van der Waals surface area contributed by atoms with Gasteiger partial charge in [-0.25, -0.2) is 9.78 Å². The van der Waals surface area contributed by atoms with Crippen molar-refractivity contribution < 1.29 is 14.7 Å². The second-order valence-electron chi connectivity index (χ2n) is 4.36. The molecule has 0 aliphatic carbocycles. The molecule has 7 heteroatoms. The highest BCUT2D eigenvalue weighted by Gasteiger charge is 2.13. The summed E-state index contributed by atoms with van der Waals surface area (Å²) in [5, 5.41) is 12.2. The number of amides is 1. The normalized spacial score (nSPS) is 10.7. The first-order valence-corrected chi connectivity index (χ1v) is 6.99. The maximum Gasteiger partial charge on any atom is 0.352 e. The molecule has 0 atom stereocenters. The molecule has 0 aliphatic heterocycles. The van der Waals surface area contributed by atoms with Gasteiger partial charge in [0.1, 0.15) is 12.2 Å². The first-order chi connectivity index (χ1) is 10.1. The Hall–Kier alpha value is -2.67. The first-order valence-electron chi connectivity index (χ1n) is 6.17. The van der Waals surface area contributed by atoms with Crippen LogP contribution in [0.4, 0.5) is 5.13 Å². The number of carboxylic acids is 1. The third-order valence-corrected chi connectivity index (χ3v) is 3.85. The van der Waals surface area contributed by atoms with Crippen molar-refractivity contribution in [1.82, 2.24) is 9.55 Å². The van der Waals surface area contributed by atoms with Crippen LogP contribution in [0.5, 0.6) is 0 Å². The second-order valence-corrected chi connectivity index (χ2v) is 5.39. The van der Waals surface area contributed by atoms with Crippen LogP contribution in [0.15, 0.2) is 42.6 Å². The largest absolute Gasteiger partial charge is 0.477 e. The number of benzene rings is 1. The Morgan fingerprint density at radius 1 is 1.24 bits per heavy atom. The zero-order valence-electron chi connectivity index (χ0n) is 10.8. The minimum Gasteiger partial charge on any atom is -0.477 e. The molecule has 3 aromatic rings. The third kappa shape index (κ3) is 2.77. The Bertz CT molecular complexity index is 789. The molecule has 2 aromatic heterocycles. The summed E-state index contributed by atoms with van der Waals surface area (Å²) in [6.07, 6.45) is 1.56. The molecule has 1 aromatic carbocycles. The van der Waals surface area contributed by atoms with E-state index < -0.39 is 5.97 Å². The predicted molar refractivity (Wildman–Crippen MR) is 79.6 cm³/mol. The number of nitrogens with zero attached hydrogens (tertiary/aromatic N) is 2. The molecule has 1 amide bonds. The van der Waals surface area contributed by atoms with Crippen LogP contribution in [0, 0.1) is 0 Å². The van der Waals surface area contributed by atoms with Crippen molar-refractivity contribution in [3.8, 4) is 0 Å². The minimum absolute atomic E-state index is 0.0649. The van der Waals surface area contributed by atoms with Crippen LogP contribution in [0.1, 0.15) is 10.5 Å². The van der Waals surface area contributed by atoms with E-state index in [1.807, 2.05) is 24.3 Å². The summed E-state index contributed by atoms with van der Waals surface area (Å²) < 4.78 is 2.37. The molecule has 2 N–H and O–H groups in total. The number of aromatic carboxylic acids is 1. The Morgan fingerprint density at radius 2 is 2.05 bits per heavy atom. The lowest BCUT2D eigenvalue weighted by Crippen LogP contribution is -2.20. The van der Waals surface area contributed by atoms with Crippen LogP contribution in [0.25, 0.3) is 10.2 Å². The second kappa shape index (κ2) is 5.37. The zero-order valence-corrected chi connectivity index (χ0v) is 11.6. The smallest absolute Gasteiger partial charge is 0.352 e. The highest BCUT2D eigenvalue weighted by Crippen LogP contribution is 2.25. The monoisotopic (exact) mass is 301 g/mol. The maximum atomic E-state index is 12.0. The molecule has 0 aliphatic rings. The van der Waals surface area contributed by atoms with Gasteiger partial charge < -0.3 is 15.0 Å². The van der Waals surface area contributed by atoms with Gasteiger partial charge >= 0.3 is 5.97 Å². The number of hydrogen-bond acceptors (Lipinski definition) is 4. The van der Waals surface area contributed by atoms with E-state index in [-0.39, 0.29) is 18.1 Å². The maximum absolute atomic E-state index is 12.0. The van der Waals surface area contributed by atoms with Gasteiger partial charge in [0.2, 0.25) is 5.91 Å². The summed E-state index contributed by atoms with van der Waals surface area (Å²) >= 11 is 1.38. The van der Waals surface area contributed by atoms with E-state index in [0.717, 1.165) is 10.2 Å². The summed E-state index contributed by atoms with van der Waals surface area (Å²) in [5.74, 6) is -1.37. The highest BCUT2D eigenvalue weighted by molar-refractivity contribution is 7.22. The average Bonchev–Trinajstić information content (AvgIpc) is 3.03. The summed E-state index contributed by atoms with van der Waals surface area (Å²) in [5.41, 5.74) is 0.902. The molecule has 0 unspecified atom stereocenters. The lowest BCUT2D eigenvalue weighted by molar-refractivity contribution is -0.116. The molecule has 3 rings (SSSR count). The Kier molecular flexibility index (Phi) is 3.41. The molecule has 0 radical (unpaired) electrons. The number of anilines is 1. The molecule has 0 saturated heterocycles. The topological polar surface area (TPSA) is 84.2 Å². The van der Waals surface area contributed by atoms with Crippen LogP contribution in [-0.4, -0.2) is 26.5 Å². The number of para-hydroxylation sites is 1. The lowest BCUT2D eigenvalue weighted by atomic mass is 10.3. The summed E-state index contributed by atoms with van der Waals surface area (Å²) in [6.45, 7) is -0.0649. The fourth-order valence-corrected chi connectivity index (χ4v) is 2.87. The van der Waals surface area contributed by atoms with Gasteiger partial charge in [-0.2, -0.15) is 0 Å². The van der Waals surface area contributed by atoms with Gasteiger partial charge in [0.25, 0.3) is 0 Å². The number of carboxylic acid groups (broad SMARTS) is 1. The molecule has 0 fully saturated rings. The van der Waals surface area contributed by atoms with Gasteiger partial charge in [0.05, 0.1) is 10.2 Å². The van der Waals surface area contributed by atoms with Crippen molar-refractivity contribution in [2.24, 2.45) is 0 Å². The average molecular weight is 301 g/mol. The van der Waals surface area contributed by atoms with Crippen LogP contribution >= 0.6 is 11.3 Å². The Morgan fingerprint density at radius 3 is 2.81 bits per heavy atom. The highest BCUT2D eigenvalue weighted by atomic mass is 32.1. The van der Waals surface area contributed by atoms with E-state index in [1.54, 1.807) is 12.3 Å². The SMILES string of the molecule is O=C(Cn1cccc1C(=O)O)Nc1nc2ccccc2s1. The fourth-order valence-electron chi connectivity index (χ4n) is 1.99. The number of rotatable bonds is 4. The van der Waals surface area contributed by atoms with Crippen molar-refractivity contribution >= 4 is 38.6 Å². The fraction of sp³-hybridized carbons (Fsp3) is 0.0714. The van der Waals surface area contributed by atoms with Crippen LogP contribution in [-0.2, 0) is 11.3 Å². The van der Waals surface area contributed by atoms with Crippen LogP contribution in [0.2, 0.25) is 0 Å². The Labute approximate surface area is 123 Å².